The number of benzene rings is 1. The van der Waals surface area contributed by atoms with Crippen molar-refractivity contribution >= 4 is 11.6 Å². The Kier molecular flexibility index (Phi) is 2.95. The van der Waals surface area contributed by atoms with Crippen molar-refractivity contribution in [2.75, 3.05) is 5.32 Å². The van der Waals surface area contributed by atoms with Gasteiger partial charge in [-0.05, 0) is 25.5 Å². The summed E-state index contributed by atoms with van der Waals surface area (Å²) in [5, 5.41) is 6.85. The van der Waals surface area contributed by atoms with E-state index in [1.54, 1.807) is 24.1 Å². The quantitative estimate of drug-likeness (QED) is 0.858. The van der Waals surface area contributed by atoms with Gasteiger partial charge in [0.1, 0.15) is 0 Å². The molecule has 17 heavy (non-hydrogen) atoms. The van der Waals surface area contributed by atoms with E-state index in [9.17, 15) is 4.79 Å². The Morgan fingerprint density at radius 3 is 2.71 bits per heavy atom. The van der Waals surface area contributed by atoms with Gasteiger partial charge < -0.3 is 5.32 Å². The molecule has 0 aliphatic heterocycles. The van der Waals surface area contributed by atoms with Gasteiger partial charge in [0.25, 0.3) is 5.91 Å². The highest BCUT2D eigenvalue weighted by atomic mass is 16.1. The second-order valence-corrected chi connectivity index (χ2v) is 4.18. The van der Waals surface area contributed by atoms with Gasteiger partial charge in [-0.15, -0.1) is 0 Å². The van der Waals surface area contributed by atoms with Crippen molar-refractivity contribution in [3.63, 3.8) is 0 Å². The SMILES string of the molecule is Cc1ccc(NC(=O)c2cnn(C)c2)c(C)c1. The summed E-state index contributed by atoms with van der Waals surface area (Å²) in [6.07, 6.45) is 3.25. The third-order valence-corrected chi connectivity index (χ3v) is 2.60. The van der Waals surface area contributed by atoms with Crippen LogP contribution in [0.1, 0.15) is 21.5 Å². The summed E-state index contributed by atoms with van der Waals surface area (Å²) in [6, 6.07) is 5.93. The lowest BCUT2D eigenvalue weighted by atomic mass is 10.1. The second-order valence-electron chi connectivity index (χ2n) is 4.18. The number of anilines is 1. The third-order valence-electron chi connectivity index (χ3n) is 2.60. The van der Waals surface area contributed by atoms with E-state index in [2.05, 4.69) is 10.4 Å². The van der Waals surface area contributed by atoms with E-state index in [0.717, 1.165) is 11.3 Å². The fourth-order valence-corrected chi connectivity index (χ4v) is 1.69. The maximum atomic E-state index is 11.9. The average molecular weight is 229 g/mol. The van der Waals surface area contributed by atoms with Crippen LogP contribution in [0.2, 0.25) is 0 Å². The van der Waals surface area contributed by atoms with Crippen LogP contribution in [-0.4, -0.2) is 15.7 Å². The maximum absolute atomic E-state index is 11.9. The van der Waals surface area contributed by atoms with E-state index >= 15 is 0 Å². The van der Waals surface area contributed by atoms with Crippen LogP contribution in [0.25, 0.3) is 0 Å². The molecule has 1 aromatic carbocycles. The summed E-state index contributed by atoms with van der Waals surface area (Å²) in [4.78, 5) is 11.9. The number of hydrogen-bond donors (Lipinski definition) is 1. The number of amides is 1. The largest absolute Gasteiger partial charge is 0.322 e. The zero-order valence-corrected chi connectivity index (χ0v) is 10.2. The molecule has 0 aliphatic rings. The summed E-state index contributed by atoms with van der Waals surface area (Å²) >= 11 is 0. The van der Waals surface area contributed by atoms with E-state index in [-0.39, 0.29) is 5.91 Å². The van der Waals surface area contributed by atoms with Crippen molar-refractivity contribution in [1.82, 2.24) is 9.78 Å². The van der Waals surface area contributed by atoms with Crippen molar-refractivity contribution in [3.05, 3.63) is 47.3 Å². The van der Waals surface area contributed by atoms with Gasteiger partial charge in [0.15, 0.2) is 0 Å². The molecule has 1 amide bonds. The molecular weight excluding hydrogens is 214 g/mol. The van der Waals surface area contributed by atoms with Gasteiger partial charge in [0.05, 0.1) is 11.8 Å². The molecule has 1 N–H and O–H groups in total. The van der Waals surface area contributed by atoms with Gasteiger partial charge in [0, 0.05) is 18.9 Å². The summed E-state index contributed by atoms with van der Waals surface area (Å²) in [6.45, 7) is 4.01. The normalized spacial score (nSPS) is 10.3. The Bertz CT molecular complexity index is 558. The van der Waals surface area contributed by atoms with Crippen LogP contribution in [0.15, 0.2) is 30.6 Å². The fourth-order valence-electron chi connectivity index (χ4n) is 1.69. The van der Waals surface area contributed by atoms with E-state index in [1.165, 1.54) is 5.56 Å². The van der Waals surface area contributed by atoms with Crippen LogP contribution in [0.3, 0.4) is 0 Å². The van der Waals surface area contributed by atoms with Gasteiger partial charge in [-0.3, -0.25) is 9.48 Å². The topological polar surface area (TPSA) is 46.9 Å². The monoisotopic (exact) mass is 229 g/mol. The molecule has 0 bridgehead atoms. The summed E-state index contributed by atoms with van der Waals surface area (Å²) < 4.78 is 1.61. The molecule has 0 spiro atoms. The van der Waals surface area contributed by atoms with Crippen molar-refractivity contribution in [3.8, 4) is 0 Å². The molecule has 0 saturated heterocycles. The molecule has 2 rings (SSSR count). The zero-order valence-electron chi connectivity index (χ0n) is 10.2. The number of hydrogen-bond acceptors (Lipinski definition) is 2. The van der Waals surface area contributed by atoms with Gasteiger partial charge in [-0.25, -0.2) is 0 Å². The molecule has 0 aliphatic carbocycles. The molecule has 4 nitrogen and oxygen atoms in total. The Hall–Kier alpha value is -2.10. The number of carbonyl (C=O) groups excluding carboxylic acids is 1. The summed E-state index contributed by atoms with van der Waals surface area (Å²) in [7, 11) is 1.79. The van der Waals surface area contributed by atoms with Crippen molar-refractivity contribution in [2.45, 2.75) is 13.8 Å². The Morgan fingerprint density at radius 1 is 1.35 bits per heavy atom. The first-order valence-corrected chi connectivity index (χ1v) is 5.43. The predicted molar refractivity (Wildman–Crippen MR) is 67.1 cm³/mol. The molecule has 4 heteroatoms. The van der Waals surface area contributed by atoms with E-state index < -0.39 is 0 Å². The standard InChI is InChI=1S/C13H15N3O/c1-9-4-5-12(10(2)6-9)15-13(17)11-7-14-16(3)8-11/h4-8H,1-3H3,(H,15,17). The van der Waals surface area contributed by atoms with Crippen LogP contribution in [-0.2, 0) is 7.05 Å². The second kappa shape index (κ2) is 4.41. The first kappa shape index (κ1) is 11.4. The lowest BCUT2D eigenvalue weighted by molar-refractivity contribution is 0.102. The number of nitrogens with one attached hydrogen (secondary N) is 1. The summed E-state index contributed by atoms with van der Waals surface area (Å²) in [5.74, 6) is -0.134. The minimum atomic E-state index is -0.134. The van der Waals surface area contributed by atoms with E-state index in [0.29, 0.717) is 5.56 Å². The van der Waals surface area contributed by atoms with Crippen molar-refractivity contribution < 1.29 is 4.79 Å². The molecule has 0 saturated carbocycles. The van der Waals surface area contributed by atoms with Crippen molar-refractivity contribution in [1.29, 1.82) is 0 Å². The molecular formula is C13H15N3O. The van der Waals surface area contributed by atoms with Gasteiger partial charge >= 0.3 is 0 Å². The molecule has 0 unspecified atom stereocenters. The lowest BCUT2D eigenvalue weighted by Gasteiger charge is -2.07. The highest BCUT2D eigenvalue weighted by Crippen LogP contribution is 2.16. The first-order chi connectivity index (χ1) is 8.06. The van der Waals surface area contributed by atoms with Crippen LogP contribution in [0.5, 0.6) is 0 Å². The number of rotatable bonds is 2. The average Bonchev–Trinajstić information content (AvgIpc) is 2.69. The van der Waals surface area contributed by atoms with Gasteiger partial charge in [-0.1, -0.05) is 17.7 Å². The molecule has 1 heterocycles. The van der Waals surface area contributed by atoms with Crippen LogP contribution in [0, 0.1) is 13.8 Å². The smallest absolute Gasteiger partial charge is 0.258 e. The number of carbonyl (C=O) groups is 1. The third kappa shape index (κ3) is 2.53. The van der Waals surface area contributed by atoms with Gasteiger partial charge in [-0.2, -0.15) is 5.10 Å². The molecule has 0 fully saturated rings. The van der Waals surface area contributed by atoms with Crippen LogP contribution in [0.4, 0.5) is 5.69 Å². The minimum absolute atomic E-state index is 0.134. The number of nitrogens with zero attached hydrogens (tertiary/aromatic N) is 2. The fraction of sp³-hybridized carbons (Fsp3) is 0.231. The van der Waals surface area contributed by atoms with E-state index in [4.69, 9.17) is 0 Å². The number of aromatic nitrogens is 2. The maximum Gasteiger partial charge on any atom is 0.258 e. The Balaban J connectivity index is 2.18. The minimum Gasteiger partial charge on any atom is -0.322 e. The highest BCUT2D eigenvalue weighted by Gasteiger charge is 2.09. The Morgan fingerprint density at radius 2 is 2.12 bits per heavy atom. The number of aryl methyl sites for hydroxylation is 3. The van der Waals surface area contributed by atoms with Gasteiger partial charge in [0.2, 0.25) is 0 Å². The molecule has 0 radical (unpaired) electrons. The molecule has 0 atom stereocenters. The molecule has 88 valence electrons. The highest BCUT2D eigenvalue weighted by molar-refractivity contribution is 6.04. The predicted octanol–water partition coefficient (Wildman–Crippen LogP) is 2.29. The Labute approximate surface area is 100 Å². The lowest BCUT2D eigenvalue weighted by Crippen LogP contribution is -2.12. The molecule has 1 aromatic heterocycles. The first-order valence-electron chi connectivity index (χ1n) is 5.43. The van der Waals surface area contributed by atoms with Crippen LogP contribution < -0.4 is 5.32 Å². The van der Waals surface area contributed by atoms with Crippen molar-refractivity contribution in [2.24, 2.45) is 7.05 Å². The zero-order chi connectivity index (χ0) is 12.4. The van der Waals surface area contributed by atoms with E-state index in [1.807, 2.05) is 32.0 Å². The molecule has 2 aromatic rings. The summed E-state index contributed by atoms with van der Waals surface area (Å²) in [5.41, 5.74) is 3.64. The van der Waals surface area contributed by atoms with Crippen LogP contribution >= 0.6 is 0 Å².